The minimum Gasteiger partial charge on any atom is -0.377 e. The van der Waals surface area contributed by atoms with Crippen molar-refractivity contribution in [3.63, 3.8) is 0 Å². The van der Waals surface area contributed by atoms with E-state index < -0.39 is 18.5 Å². The average molecular weight is 440 g/mol. The van der Waals surface area contributed by atoms with Crippen LogP contribution in [0.2, 0.25) is 0 Å². The van der Waals surface area contributed by atoms with Gasteiger partial charge in [0, 0.05) is 22.3 Å². The van der Waals surface area contributed by atoms with Crippen molar-refractivity contribution < 1.29 is 14.5 Å². The molecule has 4 aromatic carbocycles. The van der Waals surface area contributed by atoms with Gasteiger partial charge in [-0.25, -0.2) is 0 Å². The zero-order valence-electron chi connectivity index (χ0n) is 17.7. The van der Waals surface area contributed by atoms with Crippen LogP contribution < -0.4 is 10.6 Å². The molecule has 32 heavy (non-hydrogen) atoms. The van der Waals surface area contributed by atoms with Crippen LogP contribution in [-0.4, -0.2) is 17.1 Å². The second kappa shape index (κ2) is 9.48. The number of hydrogen-bond acceptors (Lipinski definition) is 3. The van der Waals surface area contributed by atoms with Crippen LogP contribution in [0, 0.1) is 0 Å². The first-order valence-corrected chi connectivity index (χ1v) is 12.5. The van der Waals surface area contributed by atoms with Gasteiger partial charge < -0.3 is 9.67 Å². The molecular weight excluding hydrogens is 415 g/mol. The van der Waals surface area contributed by atoms with Crippen LogP contribution in [0.4, 0.5) is 0 Å². The van der Waals surface area contributed by atoms with E-state index in [-0.39, 0.29) is 12.6 Å². The minimum absolute atomic E-state index is 0.0335. The number of carbonyl (C=O) groups is 1. The minimum atomic E-state index is -3.08. The predicted molar refractivity (Wildman–Crippen MR) is 130 cm³/mol. The van der Waals surface area contributed by atoms with Crippen LogP contribution in [0.5, 0.6) is 0 Å². The van der Waals surface area contributed by atoms with Crippen molar-refractivity contribution >= 4 is 23.5 Å². The van der Waals surface area contributed by atoms with E-state index in [0.717, 1.165) is 0 Å². The van der Waals surface area contributed by atoms with Gasteiger partial charge in [0.05, 0.1) is 0 Å². The van der Waals surface area contributed by atoms with Crippen molar-refractivity contribution in [1.29, 1.82) is 0 Å². The summed E-state index contributed by atoms with van der Waals surface area (Å²) >= 11 is 0. The summed E-state index contributed by atoms with van der Waals surface area (Å²) < 4.78 is 14.4. The van der Waals surface area contributed by atoms with E-state index in [4.69, 9.17) is 0 Å². The highest BCUT2D eigenvalue weighted by Crippen LogP contribution is 2.46. The number of benzene rings is 4. The molecule has 0 aliphatic carbocycles. The number of hydrogen-bond donors (Lipinski definition) is 1. The van der Waals surface area contributed by atoms with Crippen LogP contribution in [0.25, 0.3) is 0 Å². The fourth-order valence-electron chi connectivity index (χ4n) is 4.00. The van der Waals surface area contributed by atoms with Gasteiger partial charge in [0.2, 0.25) is 0 Å². The van der Waals surface area contributed by atoms with Gasteiger partial charge in [-0.15, -0.1) is 0 Å². The molecule has 0 fully saturated rings. The van der Waals surface area contributed by atoms with Crippen molar-refractivity contribution in [3.8, 4) is 0 Å². The lowest BCUT2D eigenvalue weighted by atomic mass is 9.84. The van der Waals surface area contributed by atoms with Crippen LogP contribution in [0.1, 0.15) is 22.3 Å². The molecule has 0 heterocycles. The zero-order valence-corrected chi connectivity index (χ0v) is 18.6. The van der Waals surface area contributed by atoms with E-state index in [1.165, 1.54) is 0 Å². The van der Waals surface area contributed by atoms with Gasteiger partial charge in [0.1, 0.15) is 7.14 Å². The van der Waals surface area contributed by atoms with E-state index in [2.05, 4.69) is 0 Å². The maximum Gasteiger partial charge on any atom is 0.198 e. The summed E-state index contributed by atoms with van der Waals surface area (Å²) in [5.41, 5.74) is -0.864. The van der Waals surface area contributed by atoms with Crippen LogP contribution >= 0.6 is 7.14 Å². The Labute approximate surface area is 188 Å². The third-order valence-corrected chi connectivity index (χ3v) is 8.92. The Balaban J connectivity index is 1.76. The number of aliphatic hydroxyl groups is 1. The molecule has 1 atom stereocenters. The molecule has 4 heteroatoms. The van der Waals surface area contributed by atoms with Gasteiger partial charge in [-0.05, 0) is 12.0 Å². The van der Waals surface area contributed by atoms with E-state index in [9.17, 15) is 14.5 Å². The molecule has 0 saturated carbocycles. The maximum atomic E-state index is 14.4. The predicted octanol–water partition coefficient (Wildman–Crippen LogP) is 5.16. The van der Waals surface area contributed by atoms with Crippen molar-refractivity contribution in [2.24, 2.45) is 0 Å². The summed E-state index contributed by atoms with van der Waals surface area (Å²) in [5.74, 6) is -0.392. The summed E-state index contributed by atoms with van der Waals surface area (Å²) in [4.78, 5) is 13.5. The summed E-state index contributed by atoms with van der Waals surface area (Å²) in [6, 6.07) is 36.4. The van der Waals surface area contributed by atoms with Gasteiger partial charge in [0.15, 0.2) is 11.4 Å². The first-order valence-electron chi connectivity index (χ1n) is 10.6. The first kappa shape index (κ1) is 22.0. The molecule has 0 amide bonds. The Morgan fingerprint density at radius 3 is 1.53 bits per heavy atom. The van der Waals surface area contributed by atoms with Crippen molar-refractivity contribution in [2.75, 3.05) is 6.16 Å². The maximum absolute atomic E-state index is 14.4. The second-order valence-electron chi connectivity index (χ2n) is 7.81. The normalized spacial score (nSPS) is 13.3. The molecule has 1 unspecified atom stereocenters. The molecule has 3 nitrogen and oxygen atoms in total. The van der Waals surface area contributed by atoms with Crippen molar-refractivity contribution in [1.82, 2.24) is 0 Å². The molecule has 0 aliphatic heterocycles. The topological polar surface area (TPSA) is 54.4 Å². The fourth-order valence-corrected chi connectivity index (χ4v) is 6.76. The van der Waals surface area contributed by atoms with E-state index in [0.29, 0.717) is 21.7 Å². The van der Waals surface area contributed by atoms with Gasteiger partial charge in [0.25, 0.3) is 0 Å². The van der Waals surface area contributed by atoms with Crippen molar-refractivity contribution in [2.45, 2.75) is 12.0 Å². The molecular formula is C28H25O3P. The number of Topliss-reactive ketones (excluding diaryl/α,β-unsaturated/α-hetero) is 1. The molecule has 0 spiro atoms. The third-order valence-electron chi connectivity index (χ3n) is 5.80. The number of ketones is 1. The highest BCUT2D eigenvalue weighted by Gasteiger charge is 2.41. The van der Waals surface area contributed by atoms with Crippen LogP contribution in [0.3, 0.4) is 0 Å². The average Bonchev–Trinajstić information content (AvgIpc) is 2.88. The summed E-state index contributed by atoms with van der Waals surface area (Å²) in [6.07, 6.45) is 0.191. The Bertz CT molecular complexity index is 1170. The lowest BCUT2D eigenvalue weighted by Gasteiger charge is -2.30. The molecule has 4 aromatic rings. The van der Waals surface area contributed by atoms with Gasteiger partial charge >= 0.3 is 0 Å². The standard InChI is InChI=1S/C28H25O3P/c29-27(23-13-5-1-6-14-23)28(30,24-15-7-2-8-16-24)21-22-32(31,25-17-9-3-10-18-25)26-19-11-4-12-20-26/h1-20,30H,21-22H2. The Hall–Kier alpha value is -3.26. The first-order chi connectivity index (χ1) is 15.5. The Kier molecular flexibility index (Phi) is 6.50. The lowest BCUT2D eigenvalue weighted by molar-refractivity contribution is 0.0281. The highest BCUT2D eigenvalue weighted by atomic mass is 31.2. The van der Waals surface area contributed by atoms with Gasteiger partial charge in [-0.1, -0.05) is 121 Å². The molecule has 1 N–H and O–H groups in total. The molecule has 0 radical (unpaired) electrons. The molecule has 0 saturated heterocycles. The van der Waals surface area contributed by atoms with E-state index in [1.54, 1.807) is 48.5 Å². The van der Waals surface area contributed by atoms with Crippen molar-refractivity contribution in [3.05, 3.63) is 132 Å². The monoisotopic (exact) mass is 440 g/mol. The van der Waals surface area contributed by atoms with Gasteiger partial charge in [-0.2, -0.15) is 0 Å². The Morgan fingerprint density at radius 1 is 0.656 bits per heavy atom. The fraction of sp³-hybridized carbons (Fsp3) is 0.107. The van der Waals surface area contributed by atoms with Crippen LogP contribution in [-0.2, 0) is 10.2 Å². The van der Waals surface area contributed by atoms with Gasteiger partial charge in [-0.3, -0.25) is 4.79 Å². The molecule has 160 valence electrons. The Morgan fingerprint density at radius 2 is 1.06 bits per heavy atom. The largest absolute Gasteiger partial charge is 0.377 e. The lowest BCUT2D eigenvalue weighted by Crippen LogP contribution is -2.37. The summed E-state index contributed by atoms with van der Waals surface area (Å²) in [5, 5.41) is 13.2. The summed E-state index contributed by atoms with van der Waals surface area (Å²) in [7, 11) is -3.08. The zero-order chi connectivity index (χ0) is 22.4. The third kappa shape index (κ3) is 4.36. The molecule has 0 bridgehead atoms. The van der Waals surface area contributed by atoms with E-state index >= 15 is 0 Å². The van der Waals surface area contributed by atoms with Crippen LogP contribution in [0.15, 0.2) is 121 Å². The number of carbonyl (C=O) groups excluding carboxylic acids is 1. The number of rotatable bonds is 8. The molecule has 0 aliphatic rings. The second-order valence-corrected chi connectivity index (χ2v) is 10.8. The molecule has 0 aromatic heterocycles. The smallest absolute Gasteiger partial charge is 0.198 e. The quantitative estimate of drug-likeness (QED) is 0.304. The highest BCUT2D eigenvalue weighted by molar-refractivity contribution is 7.78. The summed E-state index contributed by atoms with van der Waals surface area (Å²) in [6.45, 7) is 0. The van der Waals surface area contributed by atoms with E-state index in [1.807, 2.05) is 72.8 Å². The molecule has 4 rings (SSSR count). The SMILES string of the molecule is O=C(c1ccccc1)C(O)(CCP(=O)(c1ccccc1)c1ccccc1)c1ccccc1.